The largest absolute Gasteiger partial charge is 0.388 e. The Morgan fingerprint density at radius 2 is 2.24 bits per heavy atom. The standard InChI is InChI=1S/C10H18N4O2S/c1-10(16)4-5-14(6-7(10)15)9-11-8(12-17-9)13(2)3/h7,15-16H,4-6H2,1-3H3. The molecule has 1 saturated heterocycles. The molecule has 1 aliphatic rings. The smallest absolute Gasteiger partial charge is 0.238 e. The van der Waals surface area contributed by atoms with E-state index < -0.39 is 11.7 Å². The van der Waals surface area contributed by atoms with Crippen molar-refractivity contribution in [2.45, 2.75) is 25.0 Å². The predicted molar refractivity (Wildman–Crippen MR) is 67.7 cm³/mol. The monoisotopic (exact) mass is 258 g/mol. The topological polar surface area (TPSA) is 72.7 Å². The Morgan fingerprint density at radius 3 is 2.76 bits per heavy atom. The molecule has 17 heavy (non-hydrogen) atoms. The molecule has 7 heteroatoms. The third-order valence-corrected chi connectivity index (χ3v) is 3.84. The number of hydrogen-bond acceptors (Lipinski definition) is 7. The molecule has 1 fully saturated rings. The van der Waals surface area contributed by atoms with Gasteiger partial charge >= 0.3 is 0 Å². The number of β-amino-alcohol motifs (C(OH)–C–C–N with tert-alkyl or cyclic N) is 1. The molecule has 2 rings (SSSR count). The Hall–Kier alpha value is -0.920. The molecular weight excluding hydrogens is 240 g/mol. The van der Waals surface area contributed by atoms with Gasteiger partial charge in [0.1, 0.15) is 0 Å². The molecule has 96 valence electrons. The molecule has 6 nitrogen and oxygen atoms in total. The first-order valence-corrected chi connectivity index (χ1v) is 6.34. The number of rotatable bonds is 2. The third-order valence-electron chi connectivity index (χ3n) is 3.07. The summed E-state index contributed by atoms with van der Waals surface area (Å²) in [5.41, 5.74) is -0.994. The zero-order chi connectivity index (χ0) is 12.6. The van der Waals surface area contributed by atoms with E-state index in [1.807, 2.05) is 23.9 Å². The number of aliphatic hydroxyl groups is 2. The van der Waals surface area contributed by atoms with E-state index in [4.69, 9.17) is 0 Å². The fourth-order valence-corrected chi connectivity index (χ4v) is 2.49. The van der Waals surface area contributed by atoms with Gasteiger partial charge in [0.2, 0.25) is 11.1 Å². The van der Waals surface area contributed by atoms with Gasteiger partial charge in [0, 0.05) is 38.7 Å². The minimum Gasteiger partial charge on any atom is -0.388 e. The molecule has 2 unspecified atom stereocenters. The van der Waals surface area contributed by atoms with Gasteiger partial charge in [-0.25, -0.2) is 0 Å². The van der Waals surface area contributed by atoms with Crippen LogP contribution in [-0.4, -0.2) is 58.5 Å². The number of hydrogen-bond donors (Lipinski definition) is 2. The van der Waals surface area contributed by atoms with Crippen LogP contribution in [0, 0.1) is 0 Å². The molecular formula is C10H18N4O2S. The number of aliphatic hydroxyl groups excluding tert-OH is 1. The van der Waals surface area contributed by atoms with E-state index in [9.17, 15) is 10.2 Å². The highest BCUT2D eigenvalue weighted by molar-refractivity contribution is 7.09. The van der Waals surface area contributed by atoms with Crippen LogP contribution >= 0.6 is 11.5 Å². The van der Waals surface area contributed by atoms with Crippen LogP contribution in [0.2, 0.25) is 0 Å². The first kappa shape index (κ1) is 12.5. The van der Waals surface area contributed by atoms with Crippen LogP contribution in [0.25, 0.3) is 0 Å². The second kappa shape index (κ2) is 4.40. The highest BCUT2D eigenvalue weighted by Gasteiger charge is 2.37. The highest BCUT2D eigenvalue weighted by Crippen LogP contribution is 2.28. The number of nitrogens with zero attached hydrogens (tertiary/aromatic N) is 4. The van der Waals surface area contributed by atoms with E-state index in [2.05, 4.69) is 9.36 Å². The summed E-state index contributed by atoms with van der Waals surface area (Å²) in [7, 11) is 3.78. The van der Waals surface area contributed by atoms with Gasteiger partial charge in [0.15, 0.2) is 0 Å². The quantitative estimate of drug-likeness (QED) is 0.773. The molecule has 0 saturated carbocycles. The summed E-state index contributed by atoms with van der Waals surface area (Å²) >= 11 is 1.32. The summed E-state index contributed by atoms with van der Waals surface area (Å²) in [6.45, 7) is 2.75. The van der Waals surface area contributed by atoms with Gasteiger partial charge < -0.3 is 20.0 Å². The van der Waals surface area contributed by atoms with Crippen LogP contribution in [0.3, 0.4) is 0 Å². The number of aromatic nitrogens is 2. The minimum atomic E-state index is -0.994. The van der Waals surface area contributed by atoms with Crippen molar-refractivity contribution in [3.63, 3.8) is 0 Å². The molecule has 1 aromatic rings. The second-order valence-electron chi connectivity index (χ2n) is 4.84. The van der Waals surface area contributed by atoms with Crippen LogP contribution in [-0.2, 0) is 0 Å². The highest BCUT2D eigenvalue weighted by atomic mass is 32.1. The maximum Gasteiger partial charge on any atom is 0.238 e. The van der Waals surface area contributed by atoms with Crippen LogP contribution in [0.5, 0.6) is 0 Å². The number of piperidine rings is 1. The lowest BCUT2D eigenvalue weighted by Gasteiger charge is -2.39. The van der Waals surface area contributed by atoms with Crippen molar-refractivity contribution in [3.8, 4) is 0 Å². The van der Waals surface area contributed by atoms with Crippen molar-refractivity contribution in [3.05, 3.63) is 0 Å². The lowest BCUT2D eigenvalue weighted by molar-refractivity contribution is -0.0721. The van der Waals surface area contributed by atoms with Gasteiger partial charge in [-0.2, -0.15) is 9.36 Å². The van der Waals surface area contributed by atoms with Gasteiger partial charge in [-0.3, -0.25) is 0 Å². The summed E-state index contributed by atoms with van der Waals surface area (Å²) < 4.78 is 4.22. The molecule has 0 aromatic carbocycles. The summed E-state index contributed by atoms with van der Waals surface area (Å²) in [5, 5.41) is 20.5. The average molecular weight is 258 g/mol. The van der Waals surface area contributed by atoms with Gasteiger partial charge in [-0.1, -0.05) is 0 Å². The van der Waals surface area contributed by atoms with Gasteiger partial charge in [0.25, 0.3) is 0 Å². The molecule has 0 bridgehead atoms. The lowest BCUT2D eigenvalue weighted by atomic mass is 9.91. The average Bonchev–Trinajstić information content (AvgIpc) is 2.71. The Balaban J connectivity index is 2.09. The van der Waals surface area contributed by atoms with Crippen molar-refractivity contribution in [2.75, 3.05) is 37.0 Å². The van der Waals surface area contributed by atoms with Crippen molar-refractivity contribution >= 4 is 22.6 Å². The van der Waals surface area contributed by atoms with E-state index in [1.165, 1.54) is 11.5 Å². The first-order chi connectivity index (χ1) is 7.90. The van der Waals surface area contributed by atoms with E-state index in [0.29, 0.717) is 25.5 Å². The van der Waals surface area contributed by atoms with Gasteiger partial charge in [-0.15, -0.1) is 0 Å². The zero-order valence-corrected chi connectivity index (χ0v) is 11.1. The molecule has 1 aromatic heterocycles. The van der Waals surface area contributed by atoms with Crippen molar-refractivity contribution in [1.82, 2.24) is 9.36 Å². The summed E-state index contributed by atoms with van der Waals surface area (Å²) in [5.74, 6) is 0.678. The molecule has 1 aliphatic heterocycles. The van der Waals surface area contributed by atoms with Crippen molar-refractivity contribution < 1.29 is 10.2 Å². The first-order valence-electron chi connectivity index (χ1n) is 5.56. The van der Waals surface area contributed by atoms with Gasteiger partial charge in [0.05, 0.1) is 11.7 Å². The fourth-order valence-electron chi connectivity index (χ4n) is 1.72. The van der Waals surface area contributed by atoms with Crippen LogP contribution in [0.1, 0.15) is 13.3 Å². The van der Waals surface area contributed by atoms with E-state index in [0.717, 1.165) is 5.13 Å². The number of anilines is 2. The molecule has 2 N–H and O–H groups in total. The van der Waals surface area contributed by atoms with Crippen LogP contribution in [0.15, 0.2) is 0 Å². The molecule has 0 aliphatic carbocycles. The van der Waals surface area contributed by atoms with E-state index in [-0.39, 0.29) is 0 Å². The van der Waals surface area contributed by atoms with Crippen LogP contribution < -0.4 is 9.80 Å². The van der Waals surface area contributed by atoms with Gasteiger partial charge in [-0.05, 0) is 13.3 Å². The second-order valence-corrected chi connectivity index (χ2v) is 5.57. The van der Waals surface area contributed by atoms with E-state index >= 15 is 0 Å². The summed E-state index contributed by atoms with van der Waals surface area (Å²) in [6, 6.07) is 0. The Labute approximate surface area is 105 Å². The fraction of sp³-hybridized carbons (Fsp3) is 0.800. The molecule has 0 spiro atoms. The lowest BCUT2D eigenvalue weighted by Crippen LogP contribution is -2.53. The third kappa shape index (κ3) is 2.51. The molecule has 0 amide bonds. The maximum atomic E-state index is 9.88. The summed E-state index contributed by atoms with van der Waals surface area (Å²) in [4.78, 5) is 8.19. The Kier molecular flexibility index (Phi) is 3.24. The van der Waals surface area contributed by atoms with Crippen molar-refractivity contribution in [2.24, 2.45) is 0 Å². The maximum absolute atomic E-state index is 9.88. The molecule has 2 atom stereocenters. The minimum absolute atomic E-state index is 0.398. The SMILES string of the molecule is CN(C)c1nsc(N2CCC(C)(O)C(O)C2)n1. The normalized spacial score (nSPS) is 29.5. The zero-order valence-electron chi connectivity index (χ0n) is 10.3. The van der Waals surface area contributed by atoms with E-state index in [1.54, 1.807) is 6.92 Å². The van der Waals surface area contributed by atoms with Crippen LogP contribution in [0.4, 0.5) is 11.1 Å². The summed E-state index contributed by atoms with van der Waals surface area (Å²) in [6.07, 6.45) is -0.214. The molecule has 2 heterocycles. The molecule has 0 radical (unpaired) electrons. The predicted octanol–water partition coefficient (Wildman–Crippen LogP) is -0.0739. The Bertz CT molecular complexity index is 393. The van der Waals surface area contributed by atoms with Crippen molar-refractivity contribution in [1.29, 1.82) is 0 Å². The Morgan fingerprint density at radius 1 is 1.53 bits per heavy atom.